The van der Waals surface area contributed by atoms with Gasteiger partial charge in [-0.05, 0) is 20.8 Å². The fraction of sp³-hybridized carbons (Fsp3) is 0.700. The molecule has 0 saturated carbocycles. The molecule has 0 fully saturated rings. The Morgan fingerprint density at radius 3 is 2.79 bits per heavy atom. The van der Waals surface area contributed by atoms with Gasteiger partial charge >= 0.3 is 5.76 Å². The smallest absolute Gasteiger partial charge is 0.411 e. The topological polar surface area (TPSA) is 49.2 Å². The second-order valence-electron chi connectivity index (χ2n) is 4.76. The van der Waals surface area contributed by atoms with Gasteiger partial charge in [-0.25, -0.2) is 4.79 Å². The van der Waals surface area contributed by atoms with Crippen molar-refractivity contribution in [1.29, 1.82) is 0 Å². The second-order valence-corrected chi connectivity index (χ2v) is 4.76. The first-order chi connectivity index (χ1) is 6.47. The average molecular weight is 196 g/mol. The van der Waals surface area contributed by atoms with E-state index in [4.69, 9.17) is 4.42 Å². The van der Waals surface area contributed by atoms with Crippen molar-refractivity contribution >= 4 is 0 Å². The normalized spacial score (nSPS) is 18.2. The number of aromatic amines is 1. The quantitative estimate of drug-likeness (QED) is 0.676. The molecule has 78 valence electrons. The van der Waals surface area contributed by atoms with Crippen LogP contribution in [-0.4, -0.2) is 22.0 Å². The molecular weight excluding hydrogens is 180 g/mol. The van der Waals surface area contributed by atoms with Crippen LogP contribution < -0.4 is 5.76 Å². The zero-order valence-corrected chi connectivity index (χ0v) is 8.89. The lowest BCUT2D eigenvalue weighted by molar-refractivity contribution is 0.108. The van der Waals surface area contributed by atoms with Crippen LogP contribution in [0.4, 0.5) is 0 Å². The third-order valence-electron chi connectivity index (χ3n) is 2.72. The van der Waals surface area contributed by atoms with Crippen LogP contribution in [0.5, 0.6) is 0 Å². The number of hydrogen-bond donors (Lipinski definition) is 1. The highest BCUT2D eigenvalue weighted by Gasteiger charge is 2.28. The maximum Gasteiger partial charge on any atom is 0.416 e. The summed E-state index contributed by atoms with van der Waals surface area (Å²) in [4.78, 5) is 16.0. The molecule has 0 atom stereocenters. The van der Waals surface area contributed by atoms with Gasteiger partial charge in [0.2, 0.25) is 0 Å². The van der Waals surface area contributed by atoms with Gasteiger partial charge < -0.3 is 4.42 Å². The minimum absolute atomic E-state index is 0.132. The van der Waals surface area contributed by atoms with E-state index in [-0.39, 0.29) is 11.3 Å². The van der Waals surface area contributed by atoms with Gasteiger partial charge in [0.25, 0.3) is 0 Å². The molecule has 1 N–H and O–H groups in total. The maximum atomic E-state index is 11.0. The number of aromatic nitrogens is 1. The van der Waals surface area contributed by atoms with Crippen LogP contribution in [-0.2, 0) is 13.0 Å². The van der Waals surface area contributed by atoms with Crippen LogP contribution in [0.15, 0.2) is 9.21 Å². The molecule has 1 aromatic heterocycles. The molecule has 0 amide bonds. The van der Waals surface area contributed by atoms with Crippen molar-refractivity contribution in [3.05, 3.63) is 22.0 Å². The number of nitrogens with one attached hydrogen (secondary N) is 1. The summed E-state index contributed by atoms with van der Waals surface area (Å²) in [6.45, 7) is 8.22. The number of rotatable bonds is 0. The average Bonchev–Trinajstić information content (AvgIpc) is 2.41. The first kappa shape index (κ1) is 9.52. The van der Waals surface area contributed by atoms with Crippen LogP contribution in [0.1, 0.15) is 32.2 Å². The zero-order chi connectivity index (χ0) is 10.3. The van der Waals surface area contributed by atoms with E-state index in [0.29, 0.717) is 0 Å². The summed E-state index contributed by atoms with van der Waals surface area (Å²) < 4.78 is 5.08. The molecule has 0 aromatic carbocycles. The van der Waals surface area contributed by atoms with Gasteiger partial charge in [-0.3, -0.25) is 9.88 Å². The van der Waals surface area contributed by atoms with E-state index in [1.807, 2.05) is 0 Å². The summed E-state index contributed by atoms with van der Waals surface area (Å²) in [5.41, 5.74) is 1.10. The Morgan fingerprint density at radius 1 is 1.43 bits per heavy atom. The molecule has 0 unspecified atom stereocenters. The van der Waals surface area contributed by atoms with Gasteiger partial charge in [0.15, 0.2) is 0 Å². The first-order valence-corrected chi connectivity index (χ1v) is 4.93. The van der Waals surface area contributed by atoms with Crippen LogP contribution in [0.2, 0.25) is 0 Å². The Balaban J connectivity index is 2.25. The molecule has 2 heterocycles. The Hall–Kier alpha value is -1.03. The number of fused-ring (bicyclic) bond motifs is 1. The molecule has 0 saturated heterocycles. The van der Waals surface area contributed by atoms with Crippen molar-refractivity contribution in [2.45, 2.75) is 39.3 Å². The van der Waals surface area contributed by atoms with Gasteiger partial charge in [0.1, 0.15) is 5.76 Å². The first-order valence-electron chi connectivity index (χ1n) is 4.93. The summed E-state index contributed by atoms with van der Waals surface area (Å²) in [6, 6.07) is 0. The monoisotopic (exact) mass is 196 g/mol. The van der Waals surface area contributed by atoms with Gasteiger partial charge in [-0.1, -0.05) is 0 Å². The van der Waals surface area contributed by atoms with Crippen molar-refractivity contribution in [2.24, 2.45) is 0 Å². The number of H-pyrrole nitrogens is 1. The molecule has 1 aromatic rings. The molecule has 14 heavy (non-hydrogen) atoms. The zero-order valence-electron chi connectivity index (χ0n) is 8.89. The van der Waals surface area contributed by atoms with E-state index in [9.17, 15) is 4.79 Å². The summed E-state index contributed by atoms with van der Waals surface area (Å²) in [5.74, 6) is 0.474. The number of oxazole rings is 1. The maximum absolute atomic E-state index is 11.0. The highest BCUT2D eigenvalue weighted by Crippen LogP contribution is 2.22. The van der Waals surface area contributed by atoms with E-state index in [1.54, 1.807) is 0 Å². The van der Waals surface area contributed by atoms with Crippen LogP contribution in [0, 0.1) is 0 Å². The fourth-order valence-electron chi connectivity index (χ4n) is 1.79. The van der Waals surface area contributed by atoms with Gasteiger partial charge in [-0.2, -0.15) is 0 Å². The molecule has 1 aliphatic heterocycles. The Morgan fingerprint density at radius 2 is 2.14 bits per heavy atom. The Labute approximate surface area is 82.9 Å². The van der Waals surface area contributed by atoms with E-state index in [2.05, 4.69) is 30.7 Å². The van der Waals surface area contributed by atoms with Gasteiger partial charge in [-0.15, -0.1) is 0 Å². The summed E-state index contributed by atoms with van der Waals surface area (Å²) in [5, 5.41) is 0. The van der Waals surface area contributed by atoms with Crippen molar-refractivity contribution in [3.8, 4) is 0 Å². The van der Waals surface area contributed by atoms with E-state index < -0.39 is 0 Å². The predicted octanol–water partition coefficient (Wildman–Crippen LogP) is 1.12. The van der Waals surface area contributed by atoms with Crippen LogP contribution in [0.3, 0.4) is 0 Å². The SMILES string of the molecule is CC(C)(C)N1CCc2[nH]c(=O)oc2C1. The minimum Gasteiger partial charge on any atom is -0.411 e. The lowest BCUT2D eigenvalue weighted by Crippen LogP contribution is -2.44. The van der Waals surface area contributed by atoms with Crippen LogP contribution >= 0.6 is 0 Å². The standard InChI is InChI=1S/C10H16N2O2/c1-10(2,3)12-5-4-7-8(6-12)14-9(13)11-7/h4-6H2,1-3H3,(H,11,13). The highest BCUT2D eigenvalue weighted by molar-refractivity contribution is 5.11. The third kappa shape index (κ3) is 1.62. The molecule has 0 spiro atoms. The summed E-state index contributed by atoms with van der Waals surface area (Å²) in [6.07, 6.45) is 0.873. The molecule has 4 heteroatoms. The van der Waals surface area contributed by atoms with Gasteiger partial charge in [0.05, 0.1) is 12.2 Å². The fourth-order valence-corrected chi connectivity index (χ4v) is 1.79. The highest BCUT2D eigenvalue weighted by atomic mass is 16.4. The molecule has 0 aliphatic carbocycles. The largest absolute Gasteiger partial charge is 0.416 e. The molecular formula is C10H16N2O2. The Bertz CT molecular complexity index is 384. The van der Waals surface area contributed by atoms with Crippen molar-refractivity contribution in [2.75, 3.05) is 6.54 Å². The molecule has 0 bridgehead atoms. The number of nitrogens with zero attached hydrogens (tertiary/aromatic N) is 1. The van der Waals surface area contributed by atoms with Crippen molar-refractivity contribution < 1.29 is 4.42 Å². The van der Waals surface area contributed by atoms with Crippen molar-refractivity contribution in [3.63, 3.8) is 0 Å². The van der Waals surface area contributed by atoms with E-state index >= 15 is 0 Å². The third-order valence-corrected chi connectivity index (χ3v) is 2.72. The number of hydrogen-bond acceptors (Lipinski definition) is 3. The minimum atomic E-state index is -0.328. The van der Waals surface area contributed by atoms with Gasteiger partial charge in [0, 0.05) is 18.5 Å². The van der Waals surface area contributed by atoms with Crippen molar-refractivity contribution in [1.82, 2.24) is 9.88 Å². The molecule has 1 aliphatic rings. The van der Waals surface area contributed by atoms with Crippen LogP contribution in [0.25, 0.3) is 0 Å². The lowest BCUT2D eigenvalue weighted by atomic mass is 10.0. The molecule has 0 radical (unpaired) electrons. The molecule has 2 rings (SSSR count). The van der Waals surface area contributed by atoms with E-state index in [0.717, 1.165) is 31.0 Å². The second kappa shape index (κ2) is 2.98. The summed E-state index contributed by atoms with van der Waals surface area (Å²) in [7, 11) is 0. The predicted molar refractivity (Wildman–Crippen MR) is 53.2 cm³/mol. The summed E-state index contributed by atoms with van der Waals surface area (Å²) >= 11 is 0. The molecule has 4 nitrogen and oxygen atoms in total. The Kier molecular flexibility index (Phi) is 2.03. The lowest BCUT2D eigenvalue weighted by Gasteiger charge is -2.37. The van der Waals surface area contributed by atoms with E-state index in [1.165, 1.54) is 0 Å².